The van der Waals surface area contributed by atoms with E-state index in [0.717, 1.165) is 32.4 Å². The zero-order valence-electron chi connectivity index (χ0n) is 18.5. The Hall–Kier alpha value is -2.99. The largest absolute Gasteiger partial charge is 0.465 e. The molecule has 0 spiro atoms. The smallest absolute Gasteiger partial charge is 0.337 e. The molecule has 0 aromatic heterocycles. The van der Waals surface area contributed by atoms with Gasteiger partial charge in [0.25, 0.3) is 5.91 Å². The number of anilines is 1. The second kappa shape index (κ2) is 10.1. The highest BCUT2D eigenvalue weighted by atomic mass is 16.5. The number of hydrogen-bond donors (Lipinski definition) is 0. The Labute approximate surface area is 189 Å². The SMILES string of the molecule is COC(=O)c1ccc(N2C(=O)C[C@H](N3CCC(CCCc4ccccc4)CC3)C2=O)cc1. The number of piperidine rings is 1. The van der Waals surface area contributed by atoms with E-state index < -0.39 is 5.97 Å². The lowest BCUT2D eigenvalue weighted by Gasteiger charge is -2.34. The maximum absolute atomic E-state index is 13.1. The standard InChI is InChI=1S/C26H30N2O4/c1-32-26(31)21-10-12-22(13-11-21)28-24(29)18-23(25(28)30)27-16-14-20(15-17-27)9-5-8-19-6-3-2-4-7-19/h2-4,6-7,10-13,20,23H,5,8-9,14-18H2,1H3/t23-/m0/s1. The molecule has 4 rings (SSSR count). The number of rotatable bonds is 7. The third kappa shape index (κ3) is 4.91. The Morgan fingerprint density at radius 1 is 1.00 bits per heavy atom. The molecule has 0 aliphatic carbocycles. The van der Waals surface area contributed by atoms with Crippen LogP contribution >= 0.6 is 0 Å². The first-order valence-electron chi connectivity index (χ1n) is 11.4. The normalized spacial score (nSPS) is 20.0. The van der Waals surface area contributed by atoms with E-state index in [9.17, 15) is 14.4 Å². The summed E-state index contributed by atoms with van der Waals surface area (Å²) in [7, 11) is 1.32. The van der Waals surface area contributed by atoms with Gasteiger partial charge in [0.05, 0.1) is 30.8 Å². The number of amides is 2. The van der Waals surface area contributed by atoms with Crippen LogP contribution in [0.1, 0.15) is 48.0 Å². The van der Waals surface area contributed by atoms with Crippen molar-refractivity contribution < 1.29 is 19.1 Å². The fourth-order valence-electron chi connectivity index (χ4n) is 4.83. The number of carbonyl (C=O) groups is 3. The maximum atomic E-state index is 13.1. The van der Waals surface area contributed by atoms with E-state index in [0.29, 0.717) is 17.2 Å². The van der Waals surface area contributed by atoms with E-state index >= 15 is 0 Å². The molecule has 2 amide bonds. The summed E-state index contributed by atoms with van der Waals surface area (Å²) in [6.45, 7) is 1.71. The second-order valence-electron chi connectivity index (χ2n) is 8.68. The molecule has 0 radical (unpaired) electrons. The van der Waals surface area contributed by atoms with Crippen LogP contribution in [0.2, 0.25) is 0 Å². The number of benzene rings is 2. The molecule has 1 atom stereocenters. The molecular weight excluding hydrogens is 404 g/mol. The zero-order chi connectivity index (χ0) is 22.5. The first-order chi connectivity index (χ1) is 15.6. The lowest BCUT2D eigenvalue weighted by molar-refractivity contribution is -0.123. The Morgan fingerprint density at radius 2 is 1.69 bits per heavy atom. The van der Waals surface area contributed by atoms with Crippen LogP contribution in [-0.4, -0.2) is 48.9 Å². The fraction of sp³-hybridized carbons (Fsp3) is 0.423. The number of methoxy groups -OCH3 is 1. The summed E-state index contributed by atoms with van der Waals surface area (Å²) in [5.41, 5.74) is 2.28. The van der Waals surface area contributed by atoms with E-state index in [1.54, 1.807) is 24.3 Å². The number of hydrogen-bond acceptors (Lipinski definition) is 5. The minimum absolute atomic E-state index is 0.164. The molecule has 0 unspecified atom stereocenters. The number of aryl methyl sites for hydroxylation is 1. The summed E-state index contributed by atoms with van der Waals surface area (Å²) in [6, 6.07) is 16.6. The molecule has 2 aliphatic heterocycles. The second-order valence-corrected chi connectivity index (χ2v) is 8.68. The highest BCUT2D eigenvalue weighted by Gasteiger charge is 2.43. The highest BCUT2D eigenvalue weighted by Crippen LogP contribution is 2.30. The van der Waals surface area contributed by atoms with Gasteiger partial charge in [0, 0.05) is 0 Å². The Morgan fingerprint density at radius 3 is 2.34 bits per heavy atom. The molecule has 2 fully saturated rings. The van der Waals surface area contributed by atoms with E-state index in [2.05, 4.69) is 29.2 Å². The summed E-state index contributed by atoms with van der Waals surface area (Å²) in [6.07, 6.45) is 5.86. The summed E-state index contributed by atoms with van der Waals surface area (Å²) in [5, 5.41) is 0. The number of carbonyl (C=O) groups excluding carboxylic acids is 3. The van der Waals surface area contributed by atoms with Crippen molar-refractivity contribution in [3.63, 3.8) is 0 Å². The molecule has 2 aliphatic rings. The van der Waals surface area contributed by atoms with Gasteiger partial charge in [-0.25, -0.2) is 9.69 Å². The molecule has 2 aromatic carbocycles. The lowest BCUT2D eigenvalue weighted by atomic mass is 9.90. The van der Waals surface area contributed by atoms with E-state index in [1.807, 2.05) is 6.07 Å². The fourth-order valence-corrected chi connectivity index (χ4v) is 4.83. The van der Waals surface area contributed by atoms with Gasteiger partial charge in [-0.05, 0) is 74.5 Å². The van der Waals surface area contributed by atoms with Gasteiger partial charge in [0.15, 0.2) is 0 Å². The van der Waals surface area contributed by atoms with Crippen LogP contribution in [0.4, 0.5) is 5.69 Å². The van der Waals surface area contributed by atoms with Gasteiger partial charge in [0.2, 0.25) is 5.91 Å². The lowest BCUT2D eigenvalue weighted by Crippen LogP contribution is -2.46. The van der Waals surface area contributed by atoms with Crippen molar-refractivity contribution in [1.82, 2.24) is 4.90 Å². The van der Waals surface area contributed by atoms with Crippen LogP contribution in [-0.2, 0) is 20.7 Å². The van der Waals surface area contributed by atoms with Gasteiger partial charge in [0.1, 0.15) is 0 Å². The number of nitrogens with zero attached hydrogens (tertiary/aromatic N) is 2. The maximum Gasteiger partial charge on any atom is 0.337 e. The van der Waals surface area contributed by atoms with Crippen molar-refractivity contribution in [2.45, 2.75) is 44.6 Å². The highest BCUT2D eigenvalue weighted by molar-refractivity contribution is 6.22. The molecule has 0 bridgehead atoms. The van der Waals surface area contributed by atoms with Crippen molar-refractivity contribution >= 4 is 23.5 Å². The molecule has 6 heteroatoms. The Balaban J connectivity index is 1.29. The third-order valence-corrected chi connectivity index (χ3v) is 6.68. The van der Waals surface area contributed by atoms with Crippen LogP contribution in [0.25, 0.3) is 0 Å². The van der Waals surface area contributed by atoms with Crippen molar-refractivity contribution in [3.05, 3.63) is 65.7 Å². The van der Waals surface area contributed by atoms with Crippen molar-refractivity contribution in [3.8, 4) is 0 Å². The van der Waals surface area contributed by atoms with Crippen LogP contribution < -0.4 is 4.90 Å². The van der Waals surface area contributed by atoms with Crippen LogP contribution in [0.15, 0.2) is 54.6 Å². The molecule has 168 valence electrons. The Bertz CT molecular complexity index is 950. The van der Waals surface area contributed by atoms with Crippen LogP contribution in [0.3, 0.4) is 0 Å². The van der Waals surface area contributed by atoms with Crippen LogP contribution in [0.5, 0.6) is 0 Å². The zero-order valence-corrected chi connectivity index (χ0v) is 18.5. The summed E-state index contributed by atoms with van der Waals surface area (Å²) < 4.78 is 4.70. The molecule has 2 saturated heterocycles. The van der Waals surface area contributed by atoms with Gasteiger partial charge < -0.3 is 4.74 Å². The molecule has 0 N–H and O–H groups in total. The van der Waals surface area contributed by atoms with Crippen molar-refractivity contribution in [1.29, 1.82) is 0 Å². The minimum atomic E-state index is -0.444. The molecule has 0 saturated carbocycles. The molecule has 2 aromatic rings. The third-order valence-electron chi connectivity index (χ3n) is 6.68. The van der Waals surface area contributed by atoms with Gasteiger partial charge in [-0.15, -0.1) is 0 Å². The van der Waals surface area contributed by atoms with Gasteiger partial charge >= 0.3 is 5.97 Å². The van der Waals surface area contributed by atoms with Gasteiger partial charge in [-0.3, -0.25) is 14.5 Å². The predicted octanol–water partition coefficient (Wildman–Crippen LogP) is 3.84. The number of imide groups is 1. The van der Waals surface area contributed by atoms with Crippen LogP contribution in [0, 0.1) is 5.92 Å². The monoisotopic (exact) mass is 434 g/mol. The molecule has 6 nitrogen and oxygen atoms in total. The molecular formula is C26H30N2O4. The number of likely N-dealkylation sites (tertiary alicyclic amines) is 1. The van der Waals surface area contributed by atoms with E-state index in [-0.39, 0.29) is 24.3 Å². The van der Waals surface area contributed by atoms with Gasteiger partial charge in [-0.2, -0.15) is 0 Å². The predicted molar refractivity (Wildman–Crippen MR) is 122 cm³/mol. The number of ether oxygens (including phenoxy) is 1. The summed E-state index contributed by atoms with van der Waals surface area (Å²) in [4.78, 5) is 40.8. The topological polar surface area (TPSA) is 66.9 Å². The first-order valence-corrected chi connectivity index (χ1v) is 11.4. The minimum Gasteiger partial charge on any atom is -0.465 e. The Kier molecular flexibility index (Phi) is 7.00. The number of esters is 1. The van der Waals surface area contributed by atoms with Crippen molar-refractivity contribution in [2.75, 3.05) is 25.1 Å². The molecule has 2 heterocycles. The van der Waals surface area contributed by atoms with Crippen molar-refractivity contribution in [2.24, 2.45) is 5.92 Å². The summed E-state index contributed by atoms with van der Waals surface area (Å²) in [5.74, 6) is -0.108. The van der Waals surface area contributed by atoms with E-state index in [4.69, 9.17) is 4.74 Å². The van der Waals surface area contributed by atoms with E-state index in [1.165, 1.54) is 30.4 Å². The average Bonchev–Trinajstić information content (AvgIpc) is 3.13. The summed E-state index contributed by atoms with van der Waals surface area (Å²) >= 11 is 0. The average molecular weight is 435 g/mol. The first kappa shape index (κ1) is 22.2. The quantitative estimate of drug-likeness (QED) is 0.489. The molecule has 32 heavy (non-hydrogen) atoms. The van der Waals surface area contributed by atoms with Gasteiger partial charge in [-0.1, -0.05) is 36.8 Å².